The summed E-state index contributed by atoms with van der Waals surface area (Å²) < 4.78 is 6.99. The molecule has 1 heterocycles. The molecule has 0 saturated carbocycles. The number of aryl methyl sites for hydroxylation is 1. The van der Waals surface area contributed by atoms with Gasteiger partial charge in [0.25, 0.3) is 0 Å². The lowest BCUT2D eigenvalue weighted by atomic mass is 10.2. The predicted molar refractivity (Wildman–Crippen MR) is 92.2 cm³/mol. The summed E-state index contributed by atoms with van der Waals surface area (Å²) in [4.78, 5) is 5.56. The Morgan fingerprint density at radius 1 is 1.38 bits per heavy atom. The molecule has 3 nitrogen and oxygen atoms in total. The molecule has 114 valence electrons. The standard InChI is InChI=1S/C16H21BrN2OS/c1-3-7-18-10-13-9-14(4-5-15(13)17)20-8-6-16-12(2)19-11-21-16/h4-5,9,11,18H,3,6-8,10H2,1-2H3. The molecule has 0 aliphatic carbocycles. The zero-order valence-corrected chi connectivity index (χ0v) is 14.9. The average Bonchev–Trinajstić information content (AvgIpc) is 2.88. The number of hydrogen-bond donors (Lipinski definition) is 1. The minimum Gasteiger partial charge on any atom is -0.493 e. The van der Waals surface area contributed by atoms with Crippen LogP contribution in [0.1, 0.15) is 29.5 Å². The fraction of sp³-hybridized carbons (Fsp3) is 0.438. The van der Waals surface area contributed by atoms with E-state index in [9.17, 15) is 0 Å². The van der Waals surface area contributed by atoms with Gasteiger partial charge < -0.3 is 10.1 Å². The number of nitrogens with one attached hydrogen (secondary N) is 1. The van der Waals surface area contributed by atoms with Crippen LogP contribution in [0.4, 0.5) is 0 Å². The van der Waals surface area contributed by atoms with Crippen molar-refractivity contribution in [2.45, 2.75) is 33.2 Å². The number of nitrogens with zero attached hydrogens (tertiary/aromatic N) is 1. The highest BCUT2D eigenvalue weighted by Crippen LogP contribution is 2.23. The van der Waals surface area contributed by atoms with Gasteiger partial charge in [-0.1, -0.05) is 22.9 Å². The van der Waals surface area contributed by atoms with Gasteiger partial charge in [-0.15, -0.1) is 11.3 Å². The highest BCUT2D eigenvalue weighted by molar-refractivity contribution is 9.10. The summed E-state index contributed by atoms with van der Waals surface area (Å²) in [6.07, 6.45) is 2.05. The molecule has 0 fully saturated rings. The second-order valence-electron chi connectivity index (χ2n) is 4.89. The van der Waals surface area contributed by atoms with Gasteiger partial charge in [-0.05, 0) is 43.7 Å². The summed E-state index contributed by atoms with van der Waals surface area (Å²) in [5.41, 5.74) is 4.24. The van der Waals surface area contributed by atoms with E-state index in [1.165, 1.54) is 10.4 Å². The number of aromatic nitrogens is 1. The van der Waals surface area contributed by atoms with Gasteiger partial charge in [-0.2, -0.15) is 0 Å². The second kappa shape index (κ2) is 8.51. The van der Waals surface area contributed by atoms with E-state index in [4.69, 9.17) is 4.74 Å². The van der Waals surface area contributed by atoms with Crippen molar-refractivity contribution in [2.24, 2.45) is 0 Å². The molecule has 0 saturated heterocycles. The molecule has 1 N–H and O–H groups in total. The number of rotatable bonds is 8. The monoisotopic (exact) mass is 368 g/mol. The van der Waals surface area contributed by atoms with Crippen molar-refractivity contribution in [3.05, 3.63) is 44.3 Å². The van der Waals surface area contributed by atoms with Crippen LogP contribution in [0.5, 0.6) is 5.75 Å². The molecule has 2 rings (SSSR count). The van der Waals surface area contributed by atoms with Crippen molar-refractivity contribution in [1.29, 1.82) is 0 Å². The molecule has 0 unspecified atom stereocenters. The van der Waals surface area contributed by atoms with Crippen molar-refractivity contribution in [3.8, 4) is 5.75 Å². The van der Waals surface area contributed by atoms with Crippen molar-refractivity contribution in [2.75, 3.05) is 13.2 Å². The van der Waals surface area contributed by atoms with Gasteiger partial charge >= 0.3 is 0 Å². The maximum atomic E-state index is 5.87. The molecule has 0 spiro atoms. The van der Waals surface area contributed by atoms with Crippen LogP contribution >= 0.6 is 27.3 Å². The van der Waals surface area contributed by atoms with Crippen LogP contribution < -0.4 is 10.1 Å². The Hall–Kier alpha value is -0.910. The largest absolute Gasteiger partial charge is 0.493 e. The zero-order valence-electron chi connectivity index (χ0n) is 12.5. The van der Waals surface area contributed by atoms with E-state index in [2.05, 4.69) is 45.3 Å². The quantitative estimate of drug-likeness (QED) is 0.703. The van der Waals surface area contributed by atoms with Gasteiger partial charge in [-0.25, -0.2) is 4.98 Å². The smallest absolute Gasteiger partial charge is 0.119 e. The Labute approximate surface area is 138 Å². The van der Waals surface area contributed by atoms with Crippen molar-refractivity contribution in [1.82, 2.24) is 10.3 Å². The Morgan fingerprint density at radius 3 is 2.95 bits per heavy atom. The van der Waals surface area contributed by atoms with Crippen molar-refractivity contribution >= 4 is 27.3 Å². The molecule has 2 aromatic rings. The topological polar surface area (TPSA) is 34.1 Å². The van der Waals surface area contributed by atoms with Crippen LogP contribution in [0.15, 0.2) is 28.2 Å². The first-order valence-electron chi connectivity index (χ1n) is 7.21. The number of halogens is 1. The first-order chi connectivity index (χ1) is 10.2. The predicted octanol–water partition coefficient (Wildman–Crippen LogP) is 4.34. The Balaban J connectivity index is 1.88. The Morgan fingerprint density at radius 2 is 2.24 bits per heavy atom. The van der Waals surface area contributed by atoms with Crippen LogP contribution in [-0.2, 0) is 13.0 Å². The summed E-state index contributed by atoms with van der Waals surface area (Å²) in [6.45, 7) is 6.79. The molecule has 5 heteroatoms. The summed E-state index contributed by atoms with van der Waals surface area (Å²) in [5.74, 6) is 0.925. The highest BCUT2D eigenvalue weighted by atomic mass is 79.9. The molecule has 0 amide bonds. The van der Waals surface area contributed by atoms with E-state index in [0.29, 0.717) is 6.61 Å². The van der Waals surface area contributed by atoms with Crippen LogP contribution in [0.25, 0.3) is 0 Å². The maximum absolute atomic E-state index is 5.87. The molecule has 21 heavy (non-hydrogen) atoms. The van der Waals surface area contributed by atoms with E-state index in [1.807, 2.05) is 18.5 Å². The van der Waals surface area contributed by atoms with Crippen molar-refractivity contribution < 1.29 is 4.74 Å². The minimum absolute atomic E-state index is 0.687. The lowest BCUT2D eigenvalue weighted by Crippen LogP contribution is -2.14. The number of hydrogen-bond acceptors (Lipinski definition) is 4. The van der Waals surface area contributed by atoms with Crippen LogP contribution in [0, 0.1) is 6.92 Å². The molecular weight excluding hydrogens is 348 g/mol. The third-order valence-electron chi connectivity index (χ3n) is 3.20. The van der Waals surface area contributed by atoms with Gasteiger partial charge in [-0.3, -0.25) is 0 Å². The molecule has 0 atom stereocenters. The SMILES string of the molecule is CCCNCc1cc(OCCc2scnc2C)ccc1Br. The first-order valence-corrected chi connectivity index (χ1v) is 8.89. The molecule has 0 bridgehead atoms. The van der Waals surface area contributed by atoms with E-state index in [1.54, 1.807) is 11.3 Å². The van der Waals surface area contributed by atoms with Gasteiger partial charge in [0.2, 0.25) is 0 Å². The maximum Gasteiger partial charge on any atom is 0.119 e. The zero-order chi connectivity index (χ0) is 15.1. The molecule has 0 aliphatic rings. The Bertz CT molecular complexity index is 571. The van der Waals surface area contributed by atoms with Crippen molar-refractivity contribution in [3.63, 3.8) is 0 Å². The third kappa shape index (κ3) is 5.09. The summed E-state index contributed by atoms with van der Waals surface area (Å²) >= 11 is 5.28. The van der Waals surface area contributed by atoms with Gasteiger partial charge in [0, 0.05) is 22.3 Å². The first kappa shape index (κ1) is 16.5. The lowest BCUT2D eigenvalue weighted by Gasteiger charge is -2.10. The number of ether oxygens (including phenoxy) is 1. The minimum atomic E-state index is 0.687. The van der Waals surface area contributed by atoms with Gasteiger partial charge in [0.15, 0.2) is 0 Å². The van der Waals surface area contributed by atoms with E-state index in [0.717, 1.165) is 41.8 Å². The van der Waals surface area contributed by atoms with E-state index < -0.39 is 0 Å². The molecule has 0 radical (unpaired) electrons. The number of thiazole rings is 1. The third-order valence-corrected chi connectivity index (χ3v) is 4.97. The lowest BCUT2D eigenvalue weighted by molar-refractivity contribution is 0.322. The summed E-state index contributed by atoms with van der Waals surface area (Å²) in [7, 11) is 0. The summed E-state index contributed by atoms with van der Waals surface area (Å²) in [5, 5.41) is 3.41. The van der Waals surface area contributed by atoms with Gasteiger partial charge in [0.1, 0.15) is 5.75 Å². The van der Waals surface area contributed by atoms with Crippen LogP contribution in [0.3, 0.4) is 0 Å². The Kier molecular flexibility index (Phi) is 6.67. The molecule has 1 aromatic heterocycles. The fourth-order valence-electron chi connectivity index (χ4n) is 2.00. The molecular formula is C16H21BrN2OS. The van der Waals surface area contributed by atoms with E-state index >= 15 is 0 Å². The average molecular weight is 369 g/mol. The highest BCUT2D eigenvalue weighted by Gasteiger charge is 2.04. The normalized spacial score (nSPS) is 10.8. The van der Waals surface area contributed by atoms with Gasteiger partial charge in [0.05, 0.1) is 17.8 Å². The summed E-state index contributed by atoms with van der Waals surface area (Å²) in [6, 6.07) is 6.16. The number of benzene rings is 1. The fourth-order valence-corrected chi connectivity index (χ4v) is 3.15. The van der Waals surface area contributed by atoms with E-state index in [-0.39, 0.29) is 0 Å². The van der Waals surface area contributed by atoms with Crippen LogP contribution in [0.2, 0.25) is 0 Å². The molecule has 0 aliphatic heterocycles. The second-order valence-corrected chi connectivity index (χ2v) is 6.68. The molecule has 1 aromatic carbocycles. The van der Waals surface area contributed by atoms with Crippen LogP contribution in [-0.4, -0.2) is 18.1 Å².